The SMILES string of the molecule is Cc1cc(Nc2ccc(I)cc2N)ccc1F. The minimum absolute atomic E-state index is 0.203. The van der Waals surface area contributed by atoms with E-state index in [1.165, 1.54) is 6.07 Å². The summed E-state index contributed by atoms with van der Waals surface area (Å²) in [4.78, 5) is 0. The Bertz CT molecular complexity index is 555. The molecular weight excluding hydrogens is 330 g/mol. The van der Waals surface area contributed by atoms with E-state index in [2.05, 4.69) is 27.9 Å². The quantitative estimate of drug-likeness (QED) is 0.638. The van der Waals surface area contributed by atoms with E-state index >= 15 is 0 Å². The maximum absolute atomic E-state index is 13.1. The number of nitrogen functional groups attached to an aromatic ring is 1. The van der Waals surface area contributed by atoms with Gasteiger partial charge in [-0.2, -0.15) is 0 Å². The predicted octanol–water partition coefficient (Wildman–Crippen LogP) is 4.06. The molecule has 0 aliphatic carbocycles. The molecule has 0 heterocycles. The topological polar surface area (TPSA) is 38.0 Å². The molecule has 4 heteroatoms. The molecular formula is C13H12FIN2. The van der Waals surface area contributed by atoms with E-state index in [1.807, 2.05) is 18.2 Å². The number of hydrogen-bond acceptors (Lipinski definition) is 2. The van der Waals surface area contributed by atoms with E-state index in [1.54, 1.807) is 19.1 Å². The van der Waals surface area contributed by atoms with Gasteiger partial charge in [0.05, 0.1) is 11.4 Å². The average Bonchev–Trinajstić information content (AvgIpc) is 2.27. The molecule has 88 valence electrons. The number of rotatable bonds is 2. The van der Waals surface area contributed by atoms with E-state index in [9.17, 15) is 4.39 Å². The number of benzene rings is 2. The van der Waals surface area contributed by atoms with E-state index < -0.39 is 0 Å². The number of hydrogen-bond donors (Lipinski definition) is 2. The van der Waals surface area contributed by atoms with Crippen molar-refractivity contribution in [2.75, 3.05) is 11.1 Å². The van der Waals surface area contributed by atoms with Crippen LogP contribution in [0.5, 0.6) is 0 Å². The van der Waals surface area contributed by atoms with Crippen LogP contribution in [0.25, 0.3) is 0 Å². The molecule has 0 aliphatic heterocycles. The Hall–Kier alpha value is -1.30. The zero-order valence-corrected chi connectivity index (χ0v) is 11.5. The van der Waals surface area contributed by atoms with Crippen LogP contribution in [0.3, 0.4) is 0 Å². The van der Waals surface area contributed by atoms with Crippen molar-refractivity contribution in [3.8, 4) is 0 Å². The molecule has 0 saturated heterocycles. The Kier molecular flexibility index (Phi) is 3.51. The Labute approximate surface area is 113 Å². The van der Waals surface area contributed by atoms with E-state index in [-0.39, 0.29) is 5.82 Å². The summed E-state index contributed by atoms with van der Waals surface area (Å²) >= 11 is 2.21. The van der Waals surface area contributed by atoms with Crippen molar-refractivity contribution in [1.82, 2.24) is 0 Å². The molecule has 3 N–H and O–H groups in total. The van der Waals surface area contributed by atoms with Gasteiger partial charge in [-0.15, -0.1) is 0 Å². The first kappa shape index (κ1) is 12.2. The minimum atomic E-state index is -0.203. The zero-order valence-electron chi connectivity index (χ0n) is 9.30. The third-order valence-corrected chi connectivity index (χ3v) is 3.12. The molecule has 0 aromatic heterocycles. The monoisotopic (exact) mass is 342 g/mol. The van der Waals surface area contributed by atoms with Gasteiger partial charge >= 0.3 is 0 Å². The molecule has 0 fully saturated rings. The first-order valence-corrected chi connectivity index (χ1v) is 6.22. The number of nitrogens with two attached hydrogens (primary N) is 1. The lowest BCUT2D eigenvalue weighted by Gasteiger charge is -2.10. The first-order chi connectivity index (χ1) is 8.06. The summed E-state index contributed by atoms with van der Waals surface area (Å²) in [6, 6.07) is 10.7. The second-order valence-electron chi connectivity index (χ2n) is 3.82. The molecule has 0 aliphatic rings. The van der Waals surface area contributed by atoms with Crippen LogP contribution < -0.4 is 11.1 Å². The Balaban J connectivity index is 2.28. The van der Waals surface area contributed by atoms with Crippen LogP contribution in [0.2, 0.25) is 0 Å². The second-order valence-corrected chi connectivity index (χ2v) is 5.07. The van der Waals surface area contributed by atoms with Gasteiger partial charge in [-0.1, -0.05) is 0 Å². The summed E-state index contributed by atoms with van der Waals surface area (Å²) in [7, 11) is 0. The standard InChI is InChI=1S/C13H12FIN2/c1-8-6-10(3-4-11(8)14)17-13-5-2-9(15)7-12(13)16/h2-7,17H,16H2,1H3. The van der Waals surface area contributed by atoms with Crippen LogP contribution in [0.4, 0.5) is 21.5 Å². The van der Waals surface area contributed by atoms with Crippen LogP contribution >= 0.6 is 22.6 Å². The molecule has 17 heavy (non-hydrogen) atoms. The molecule has 0 radical (unpaired) electrons. The number of anilines is 3. The number of nitrogens with one attached hydrogen (secondary N) is 1. The van der Waals surface area contributed by atoms with Gasteiger partial charge in [0.2, 0.25) is 0 Å². The van der Waals surface area contributed by atoms with E-state index in [0.717, 1.165) is 14.9 Å². The fraction of sp³-hybridized carbons (Fsp3) is 0.0769. The van der Waals surface area contributed by atoms with Crippen molar-refractivity contribution in [3.05, 3.63) is 51.3 Å². The largest absolute Gasteiger partial charge is 0.397 e. The van der Waals surface area contributed by atoms with Crippen LogP contribution in [0.15, 0.2) is 36.4 Å². The molecule has 0 bridgehead atoms. The third-order valence-electron chi connectivity index (χ3n) is 2.45. The van der Waals surface area contributed by atoms with Gasteiger partial charge in [0, 0.05) is 9.26 Å². The summed E-state index contributed by atoms with van der Waals surface area (Å²) < 4.78 is 14.2. The molecule has 2 rings (SSSR count). The smallest absolute Gasteiger partial charge is 0.126 e. The van der Waals surface area contributed by atoms with E-state index in [0.29, 0.717) is 11.3 Å². The highest BCUT2D eigenvalue weighted by molar-refractivity contribution is 14.1. The van der Waals surface area contributed by atoms with Gasteiger partial charge in [-0.25, -0.2) is 4.39 Å². The summed E-state index contributed by atoms with van der Waals surface area (Å²) in [5.41, 5.74) is 8.85. The van der Waals surface area contributed by atoms with Crippen molar-refractivity contribution in [3.63, 3.8) is 0 Å². The summed E-state index contributed by atoms with van der Waals surface area (Å²) in [5.74, 6) is -0.203. The highest BCUT2D eigenvalue weighted by Crippen LogP contribution is 2.25. The first-order valence-electron chi connectivity index (χ1n) is 5.14. The number of aryl methyl sites for hydroxylation is 1. The lowest BCUT2D eigenvalue weighted by molar-refractivity contribution is 0.619. The molecule has 0 atom stereocenters. The van der Waals surface area contributed by atoms with Crippen LogP contribution in [-0.4, -0.2) is 0 Å². The molecule has 0 saturated carbocycles. The van der Waals surface area contributed by atoms with Crippen LogP contribution in [0, 0.1) is 16.3 Å². The van der Waals surface area contributed by atoms with Crippen molar-refractivity contribution < 1.29 is 4.39 Å². The third kappa shape index (κ3) is 2.88. The normalized spacial score (nSPS) is 10.3. The average molecular weight is 342 g/mol. The van der Waals surface area contributed by atoms with Gasteiger partial charge in [-0.3, -0.25) is 0 Å². The lowest BCUT2D eigenvalue weighted by Crippen LogP contribution is -1.97. The molecule has 0 unspecified atom stereocenters. The molecule has 0 amide bonds. The zero-order chi connectivity index (χ0) is 12.4. The minimum Gasteiger partial charge on any atom is -0.397 e. The van der Waals surface area contributed by atoms with Gasteiger partial charge < -0.3 is 11.1 Å². The Morgan fingerprint density at radius 2 is 1.94 bits per heavy atom. The summed E-state index contributed by atoms with van der Waals surface area (Å²) in [5, 5.41) is 3.17. The van der Waals surface area contributed by atoms with Crippen LogP contribution in [0.1, 0.15) is 5.56 Å². The maximum atomic E-state index is 13.1. The van der Waals surface area contributed by atoms with Crippen molar-refractivity contribution in [1.29, 1.82) is 0 Å². The highest BCUT2D eigenvalue weighted by atomic mass is 127. The van der Waals surface area contributed by atoms with E-state index in [4.69, 9.17) is 5.73 Å². The van der Waals surface area contributed by atoms with Gasteiger partial charge in [0.25, 0.3) is 0 Å². The molecule has 0 spiro atoms. The Morgan fingerprint density at radius 1 is 1.18 bits per heavy atom. The lowest BCUT2D eigenvalue weighted by atomic mass is 10.2. The van der Waals surface area contributed by atoms with Gasteiger partial charge in [0.15, 0.2) is 0 Å². The Morgan fingerprint density at radius 3 is 2.59 bits per heavy atom. The molecule has 2 aromatic rings. The second kappa shape index (κ2) is 4.91. The maximum Gasteiger partial charge on any atom is 0.126 e. The number of halogens is 2. The van der Waals surface area contributed by atoms with Gasteiger partial charge in [0.1, 0.15) is 5.82 Å². The fourth-order valence-corrected chi connectivity index (χ4v) is 2.04. The fourth-order valence-electron chi connectivity index (χ4n) is 1.53. The molecule has 2 nitrogen and oxygen atoms in total. The van der Waals surface area contributed by atoms with Crippen molar-refractivity contribution in [2.24, 2.45) is 0 Å². The highest BCUT2D eigenvalue weighted by Gasteiger charge is 2.02. The van der Waals surface area contributed by atoms with Crippen LogP contribution in [-0.2, 0) is 0 Å². The van der Waals surface area contributed by atoms with Gasteiger partial charge in [-0.05, 0) is 71.5 Å². The molecule has 2 aromatic carbocycles. The summed E-state index contributed by atoms with van der Waals surface area (Å²) in [6.07, 6.45) is 0. The summed E-state index contributed by atoms with van der Waals surface area (Å²) in [6.45, 7) is 1.73. The van der Waals surface area contributed by atoms with Crippen molar-refractivity contribution >= 4 is 39.7 Å². The van der Waals surface area contributed by atoms with Crippen molar-refractivity contribution in [2.45, 2.75) is 6.92 Å². The predicted molar refractivity (Wildman–Crippen MR) is 78.0 cm³/mol.